The maximum atomic E-state index is 11.9. The van der Waals surface area contributed by atoms with Crippen molar-refractivity contribution in [2.24, 2.45) is 11.8 Å². The Morgan fingerprint density at radius 2 is 2.18 bits per heavy atom. The molecule has 0 aliphatic heterocycles. The second kappa shape index (κ2) is 7.58. The number of ether oxygens (including phenoxy) is 1. The Bertz CT molecular complexity index is 550. The molecule has 1 aromatic rings. The molecule has 1 aromatic heterocycles. The molecule has 1 aliphatic rings. The van der Waals surface area contributed by atoms with E-state index in [9.17, 15) is 9.59 Å². The van der Waals surface area contributed by atoms with Gasteiger partial charge < -0.3 is 10.1 Å². The number of amides is 1. The zero-order valence-corrected chi connectivity index (χ0v) is 13.6. The zero-order valence-electron chi connectivity index (χ0n) is 12.8. The number of carbonyl (C=O) groups excluding carboxylic acids is 2. The van der Waals surface area contributed by atoms with Crippen LogP contribution in [0.2, 0.25) is 5.15 Å². The monoisotopic (exact) mass is 324 g/mol. The van der Waals surface area contributed by atoms with Gasteiger partial charge in [0.1, 0.15) is 5.15 Å². The van der Waals surface area contributed by atoms with Crippen LogP contribution < -0.4 is 5.32 Å². The van der Waals surface area contributed by atoms with Gasteiger partial charge in [-0.25, -0.2) is 9.78 Å². The van der Waals surface area contributed by atoms with Crippen molar-refractivity contribution < 1.29 is 14.3 Å². The van der Waals surface area contributed by atoms with Crippen LogP contribution in [0.3, 0.4) is 0 Å². The summed E-state index contributed by atoms with van der Waals surface area (Å²) in [5, 5.41) is 3.03. The fraction of sp³-hybridized carbons (Fsp3) is 0.562. The quantitative estimate of drug-likeness (QED) is 0.683. The summed E-state index contributed by atoms with van der Waals surface area (Å²) in [6.07, 6.45) is 4.76. The molecule has 1 aliphatic carbocycles. The summed E-state index contributed by atoms with van der Waals surface area (Å²) >= 11 is 5.81. The summed E-state index contributed by atoms with van der Waals surface area (Å²) in [4.78, 5) is 27.6. The molecule has 0 unspecified atom stereocenters. The number of nitrogens with zero attached hydrogens (tertiary/aromatic N) is 1. The van der Waals surface area contributed by atoms with Gasteiger partial charge in [-0.1, -0.05) is 38.3 Å². The molecule has 120 valence electrons. The number of hydrogen-bond donors (Lipinski definition) is 1. The molecular weight excluding hydrogens is 304 g/mol. The SMILES string of the molecule is C[C@H]1[C@@H](NC(=O)COC(=O)c2cccnc2Cl)CCC[C@@H]1C. The Balaban J connectivity index is 1.83. The molecule has 3 atom stereocenters. The summed E-state index contributed by atoms with van der Waals surface area (Å²) in [5.74, 6) is 0.106. The third kappa shape index (κ3) is 4.19. The van der Waals surface area contributed by atoms with Gasteiger partial charge in [0.05, 0.1) is 5.56 Å². The van der Waals surface area contributed by atoms with E-state index in [1.165, 1.54) is 18.7 Å². The molecule has 1 N–H and O–H groups in total. The molecule has 0 spiro atoms. The number of nitrogens with one attached hydrogen (secondary N) is 1. The normalized spacial score (nSPS) is 24.6. The van der Waals surface area contributed by atoms with Gasteiger partial charge in [0.15, 0.2) is 6.61 Å². The van der Waals surface area contributed by atoms with Gasteiger partial charge in [-0.3, -0.25) is 4.79 Å². The van der Waals surface area contributed by atoms with E-state index in [0.717, 1.165) is 12.8 Å². The van der Waals surface area contributed by atoms with Crippen LogP contribution in [0, 0.1) is 11.8 Å². The predicted molar refractivity (Wildman–Crippen MR) is 83.6 cm³/mol. The first kappa shape index (κ1) is 16.7. The van der Waals surface area contributed by atoms with Crippen molar-refractivity contribution in [3.05, 3.63) is 29.0 Å². The van der Waals surface area contributed by atoms with E-state index in [1.54, 1.807) is 6.07 Å². The van der Waals surface area contributed by atoms with Gasteiger partial charge in [-0.15, -0.1) is 0 Å². The molecule has 1 heterocycles. The Labute approximate surface area is 135 Å². The van der Waals surface area contributed by atoms with Crippen LogP contribution >= 0.6 is 11.6 Å². The first-order valence-corrected chi connectivity index (χ1v) is 7.94. The van der Waals surface area contributed by atoms with Crippen LogP contribution in [0.25, 0.3) is 0 Å². The van der Waals surface area contributed by atoms with Crippen molar-refractivity contribution in [1.29, 1.82) is 0 Å². The summed E-state index contributed by atoms with van der Waals surface area (Å²) in [7, 11) is 0. The minimum absolute atomic E-state index is 0.0719. The number of esters is 1. The van der Waals surface area contributed by atoms with E-state index in [0.29, 0.717) is 11.8 Å². The minimum Gasteiger partial charge on any atom is -0.452 e. The van der Waals surface area contributed by atoms with Crippen molar-refractivity contribution >= 4 is 23.5 Å². The molecule has 0 saturated heterocycles. The maximum Gasteiger partial charge on any atom is 0.341 e. The Morgan fingerprint density at radius 3 is 2.91 bits per heavy atom. The lowest BCUT2D eigenvalue weighted by molar-refractivity contribution is -0.125. The first-order chi connectivity index (χ1) is 10.5. The van der Waals surface area contributed by atoms with E-state index in [2.05, 4.69) is 24.1 Å². The van der Waals surface area contributed by atoms with Gasteiger partial charge in [0.25, 0.3) is 5.91 Å². The molecule has 5 nitrogen and oxygen atoms in total. The van der Waals surface area contributed by atoms with Crippen LogP contribution in [-0.2, 0) is 9.53 Å². The second-order valence-electron chi connectivity index (χ2n) is 5.86. The van der Waals surface area contributed by atoms with E-state index >= 15 is 0 Å². The lowest BCUT2D eigenvalue weighted by Gasteiger charge is -2.34. The van der Waals surface area contributed by atoms with E-state index in [-0.39, 0.29) is 29.3 Å². The molecule has 1 fully saturated rings. The maximum absolute atomic E-state index is 11.9. The number of hydrogen-bond acceptors (Lipinski definition) is 4. The lowest BCUT2D eigenvalue weighted by Crippen LogP contribution is -2.45. The molecule has 6 heteroatoms. The molecule has 0 bridgehead atoms. The molecule has 22 heavy (non-hydrogen) atoms. The van der Waals surface area contributed by atoms with Gasteiger partial charge >= 0.3 is 5.97 Å². The van der Waals surface area contributed by atoms with Crippen molar-refractivity contribution in [1.82, 2.24) is 10.3 Å². The number of pyridine rings is 1. The Kier molecular flexibility index (Phi) is 5.77. The number of aromatic nitrogens is 1. The largest absolute Gasteiger partial charge is 0.452 e. The molecule has 0 aromatic carbocycles. The Hall–Kier alpha value is -1.62. The molecule has 1 saturated carbocycles. The van der Waals surface area contributed by atoms with Crippen LogP contribution in [0.4, 0.5) is 0 Å². The highest BCUT2D eigenvalue weighted by Crippen LogP contribution is 2.29. The lowest BCUT2D eigenvalue weighted by atomic mass is 9.78. The number of halogens is 1. The average Bonchev–Trinajstić information content (AvgIpc) is 2.50. The van der Waals surface area contributed by atoms with E-state index in [4.69, 9.17) is 16.3 Å². The van der Waals surface area contributed by atoms with Crippen molar-refractivity contribution in [2.45, 2.75) is 39.2 Å². The van der Waals surface area contributed by atoms with E-state index in [1.807, 2.05) is 0 Å². The smallest absolute Gasteiger partial charge is 0.341 e. The highest BCUT2D eigenvalue weighted by Gasteiger charge is 2.28. The Morgan fingerprint density at radius 1 is 1.41 bits per heavy atom. The van der Waals surface area contributed by atoms with Gasteiger partial charge in [0, 0.05) is 12.2 Å². The summed E-state index contributed by atoms with van der Waals surface area (Å²) in [6, 6.07) is 3.26. The minimum atomic E-state index is -0.640. The highest BCUT2D eigenvalue weighted by atomic mass is 35.5. The van der Waals surface area contributed by atoms with Gasteiger partial charge in [0.2, 0.25) is 0 Å². The van der Waals surface area contributed by atoms with Crippen LogP contribution in [-0.4, -0.2) is 29.5 Å². The fourth-order valence-electron chi connectivity index (χ4n) is 2.78. The van der Waals surface area contributed by atoms with Crippen molar-refractivity contribution in [3.63, 3.8) is 0 Å². The van der Waals surface area contributed by atoms with Crippen molar-refractivity contribution in [2.75, 3.05) is 6.61 Å². The van der Waals surface area contributed by atoms with E-state index < -0.39 is 5.97 Å². The standard InChI is InChI=1S/C16H21ClN2O3/c1-10-5-3-7-13(11(10)2)19-14(20)9-22-16(21)12-6-4-8-18-15(12)17/h4,6,8,10-11,13H,3,5,7,9H2,1-2H3,(H,19,20)/t10-,11+,13-/m0/s1. The van der Waals surface area contributed by atoms with Crippen molar-refractivity contribution in [3.8, 4) is 0 Å². The topological polar surface area (TPSA) is 68.3 Å². The number of rotatable bonds is 4. The third-order valence-electron chi connectivity index (χ3n) is 4.37. The molecule has 0 radical (unpaired) electrons. The summed E-state index contributed by atoms with van der Waals surface area (Å²) in [6.45, 7) is 4.05. The van der Waals surface area contributed by atoms with Crippen LogP contribution in [0.15, 0.2) is 18.3 Å². The zero-order chi connectivity index (χ0) is 16.1. The molecule has 2 rings (SSSR count). The summed E-state index contributed by atoms with van der Waals surface area (Å²) < 4.78 is 5.00. The second-order valence-corrected chi connectivity index (χ2v) is 6.22. The number of carbonyl (C=O) groups is 2. The fourth-order valence-corrected chi connectivity index (χ4v) is 2.98. The van der Waals surface area contributed by atoms with Crippen LogP contribution in [0.5, 0.6) is 0 Å². The van der Waals surface area contributed by atoms with Gasteiger partial charge in [-0.2, -0.15) is 0 Å². The first-order valence-electron chi connectivity index (χ1n) is 7.56. The third-order valence-corrected chi connectivity index (χ3v) is 4.67. The summed E-state index contributed by atoms with van der Waals surface area (Å²) in [5.41, 5.74) is 0.164. The highest BCUT2D eigenvalue weighted by molar-refractivity contribution is 6.32. The van der Waals surface area contributed by atoms with Gasteiger partial charge in [-0.05, 0) is 30.4 Å². The molecule has 1 amide bonds. The average molecular weight is 325 g/mol. The molecular formula is C16H21ClN2O3. The van der Waals surface area contributed by atoms with Crippen LogP contribution in [0.1, 0.15) is 43.5 Å². The predicted octanol–water partition coefficient (Wildman–Crippen LogP) is 2.83.